The number of ether oxygens (including phenoxy) is 1. The first-order valence-corrected chi connectivity index (χ1v) is 14.5. The predicted molar refractivity (Wildman–Crippen MR) is 152 cm³/mol. The van der Waals surface area contributed by atoms with E-state index in [1.165, 1.54) is 32.2 Å². The number of sulfonamides is 1. The molecule has 4 rings (SSSR count). The number of aromatic amines is 1. The Labute approximate surface area is 241 Å². The number of methoxy groups -OCH3 is 1. The third kappa shape index (κ3) is 7.30. The summed E-state index contributed by atoms with van der Waals surface area (Å²) in [6, 6.07) is 15.9. The minimum atomic E-state index is -4.30. The molecule has 222 valence electrons. The van der Waals surface area contributed by atoms with Crippen LogP contribution in [0.3, 0.4) is 0 Å². The molecule has 3 N–H and O–H groups in total. The van der Waals surface area contributed by atoms with E-state index in [0.29, 0.717) is 28.9 Å². The second-order valence-electron chi connectivity index (χ2n) is 10.1. The number of hydrogen-bond acceptors (Lipinski definition) is 5. The van der Waals surface area contributed by atoms with E-state index < -0.39 is 40.4 Å². The summed E-state index contributed by atoms with van der Waals surface area (Å²) in [6.07, 6.45) is -3.17. The highest BCUT2D eigenvalue weighted by molar-refractivity contribution is 7.90. The first-order valence-electron chi connectivity index (χ1n) is 13.0. The van der Waals surface area contributed by atoms with Crippen LogP contribution in [0.4, 0.5) is 13.2 Å². The van der Waals surface area contributed by atoms with Crippen LogP contribution in [0.25, 0.3) is 10.9 Å². The molecule has 0 fully saturated rings. The highest BCUT2D eigenvalue weighted by Gasteiger charge is 2.30. The van der Waals surface area contributed by atoms with E-state index in [0.717, 1.165) is 16.5 Å². The van der Waals surface area contributed by atoms with Crippen molar-refractivity contribution in [2.24, 2.45) is 5.92 Å². The zero-order valence-corrected chi connectivity index (χ0v) is 23.9. The Morgan fingerprint density at radius 1 is 0.976 bits per heavy atom. The number of aryl methyl sites for hydroxylation is 1. The van der Waals surface area contributed by atoms with Crippen LogP contribution in [0.1, 0.15) is 50.8 Å². The molecule has 4 aromatic rings. The number of carbonyl (C=O) groups excluding carboxylic acids is 2. The molecule has 0 aliphatic rings. The van der Waals surface area contributed by atoms with Gasteiger partial charge in [-0.3, -0.25) is 9.59 Å². The van der Waals surface area contributed by atoms with Gasteiger partial charge in [0, 0.05) is 47.6 Å². The Bertz CT molecular complexity index is 1730. The van der Waals surface area contributed by atoms with Crippen molar-refractivity contribution in [1.29, 1.82) is 0 Å². The number of rotatable bonds is 10. The maximum Gasteiger partial charge on any atom is 0.389 e. The van der Waals surface area contributed by atoms with Crippen LogP contribution in [-0.4, -0.2) is 45.0 Å². The lowest BCUT2D eigenvalue weighted by molar-refractivity contribution is -0.142. The van der Waals surface area contributed by atoms with Crippen molar-refractivity contribution in [3.05, 3.63) is 94.7 Å². The van der Waals surface area contributed by atoms with Gasteiger partial charge in [0.2, 0.25) is 0 Å². The summed E-state index contributed by atoms with van der Waals surface area (Å²) >= 11 is 0. The molecule has 0 saturated heterocycles. The van der Waals surface area contributed by atoms with Crippen molar-refractivity contribution in [3.8, 4) is 5.75 Å². The molecule has 12 heteroatoms. The Hall–Kier alpha value is -4.32. The maximum atomic E-state index is 12.8. The van der Waals surface area contributed by atoms with Gasteiger partial charge in [-0.2, -0.15) is 13.2 Å². The summed E-state index contributed by atoms with van der Waals surface area (Å²) < 4.78 is 70.9. The molecule has 0 bridgehead atoms. The predicted octanol–water partition coefficient (Wildman–Crippen LogP) is 5.51. The SMILES string of the molecule is COc1cc(C(=O)NS(=O)(=O)c2ccccc2C)ccc1Cc1c[nH]c2ccc(C(=O)NC[C@H](C)CC(F)(F)F)cc12. The number of H-pyrrole nitrogens is 1. The van der Waals surface area contributed by atoms with Crippen LogP contribution in [0.5, 0.6) is 5.75 Å². The minimum Gasteiger partial charge on any atom is -0.496 e. The number of aromatic nitrogens is 1. The second kappa shape index (κ2) is 12.3. The molecule has 1 heterocycles. The molecule has 0 radical (unpaired) electrons. The van der Waals surface area contributed by atoms with Crippen LogP contribution in [0, 0.1) is 12.8 Å². The molecular weight excluding hydrogens is 571 g/mol. The Balaban J connectivity index is 1.51. The molecule has 1 atom stereocenters. The monoisotopic (exact) mass is 601 g/mol. The van der Waals surface area contributed by atoms with Gasteiger partial charge in [-0.05, 0) is 65.9 Å². The average Bonchev–Trinajstić information content (AvgIpc) is 3.32. The smallest absolute Gasteiger partial charge is 0.389 e. The lowest BCUT2D eigenvalue weighted by atomic mass is 10.0. The summed E-state index contributed by atoms with van der Waals surface area (Å²) in [4.78, 5) is 28.6. The van der Waals surface area contributed by atoms with Gasteiger partial charge in [0.15, 0.2) is 0 Å². The van der Waals surface area contributed by atoms with E-state index in [1.807, 2.05) is 0 Å². The average molecular weight is 602 g/mol. The third-order valence-corrected chi connectivity index (χ3v) is 8.25. The van der Waals surface area contributed by atoms with E-state index in [2.05, 4.69) is 15.0 Å². The topological polar surface area (TPSA) is 117 Å². The van der Waals surface area contributed by atoms with Gasteiger partial charge < -0.3 is 15.0 Å². The van der Waals surface area contributed by atoms with Gasteiger partial charge in [0.25, 0.3) is 21.8 Å². The van der Waals surface area contributed by atoms with Crippen molar-refractivity contribution in [2.45, 2.75) is 37.8 Å². The summed E-state index contributed by atoms with van der Waals surface area (Å²) in [6.45, 7) is 2.95. The molecular formula is C30H30F3N3O5S. The fraction of sp³-hybridized carbons (Fsp3) is 0.267. The molecule has 0 saturated carbocycles. The number of carbonyl (C=O) groups is 2. The molecule has 0 aliphatic heterocycles. The minimum absolute atomic E-state index is 0.00476. The number of hydrogen-bond donors (Lipinski definition) is 3. The molecule has 1 aromatic heterocycles. The van der Waals surface area contributed by atoms with Crippen LogP contribution in [-0.2, 0) is 16.4 Å². The third-order valence-electron chi connectivity index (χ3n) is 6.76. The van der Waals surface area contributed by atoms with Crippen molar-refractivity contribution in [1.82, 2.24) is 15.0 Å². The summed E-state index contributed by atoms with van der Waals surface area (Å²) in [7, 11) is -2.66. The lowest BCUT2D eigenvalue weighted by Crippen LogP contribution is -2.31. The van der Waals surface area contributed by atoms with Gasteiger partial charge in [-0.15, -0.1) is 0 Å². The quantitative estimate of drug-likeness (QED) is 0.222. The lowest BCUT2D eigenvalue weighted by Gasteiger charge is -2.15. The van der Waals surface area contributed by atoms with E-state index in [1.54, 1.807) is 55.6 Å². The molecule has 42 heavy (non-hydrogen) atoms. The van der Waals surface area contributed by atoms with Crippen LogP contribution < -0.4 is 14.8 Å². The molecule has 0 spiro atoms. The zero-order chi connectivity index (χ0) is 30.7. The Morgan fingerprint density at radius 3 is 2.36 bits per heavy atom. The van der Waals surface area contributed by atoms with Crippen LogP contribution in [0.15, 0.2) is 71.8 Å². The van der Waals surface area contributed by atoms with Crippen molar-refractivity contribution >= 4 is 32.7 Å². The van der Waals surface area contributed by atoms with Crippen LogP contribution >= 0.6 is 0 Å². The first kappa shape index (κ1) is 30.6. The van der Waals surface area contributed by atoms with Gasteiger partial charge >= 0.3 is 6.18 Å². The van der Waals surface area contributed by atoms with E-state index >= 15 is 0 Å². The number of benzene rings is 3. The summed E-state index contributed by atoms with van der Waals surface area (Å²) in [5, 5.41) is 3.30. The molecule has 0 unspecified atom stereocenters. The molecule has 8 nitrogen and oxygen atoms in total. The van der Waals surface area contributed by atoms with Crippen molar-refractivity contribution in [3.63, 3.8) is 0 Å². The Morgan fingerprint density at radius 2 is 1.67 bits per heavy atom. The number of fused-ring (bicyclic) bond motifs is 1. The first-order chi connectivity index (χ1) is 19.8. The fourth-order valence-corrected chi connectivity index (χ4v) is 5.85. The fourth-order valence-electron chi connectivity index (χ4n) is 4.63. The van der Waals surface area contributed by atoms with E-state index in [4.69, 9.17) is 4.74 Å². The Kier molecular flexibility index (Phi) is 8.95. The van der Waals surface area contributed by atoms with Gasteiger partial charge in [-0.1, -0.05) is 31.2 Å². The number of amides is 2. The van der Waals surface area contributed by atoms with Crippen LogP contribution in [0.2, 0.25) is 0 Å². The maximum absolute atomic E-state index is 12.8. The van der Waals surface area contributed by atoms with Gasteiger partial charge in [0.05, 0.1) is 12.0 Å². The largest absolute Gasteiger partial charge is 0.496 e. The standard InChI is InChI=1S/C30H30F3N3O5S/c1-18(15-30(31,32)33)16-35-28(37)21-10-11-25-24(13-21)23(17-34-25)12-20-8-9-22(14-26(20)41-3)29(38)36-42(39,40)27-7-5-4-6-19(27)2/h4-11,13-14,17-18,34H,12,15-16H2,1-3H3,(H,35,37)(H,36,38)/t18-/m1/s1. The normalized spacial score (nSPS) is 12.6. The molecule has 3 aromatic carbocycles. The number of nitrogens with one attached hydrogen (secondary N) is 3. The summed E-state index contributed by atoms with van der Waals surface area (Å²) in [5.41, 5.74) is 3.15. The summed E-state index contributed by atoms with van der Waals surface area (Å²) in [5.74, 6) is -1.69. The number of alkyl halides is 3. The van der Waals surface area contributed by atoms with Crippen molar-refractivity contribution in [2.75, 3.05) is 13.7 Å². The highest BCUT2D eigenvalue weighted by atomic mass is 32.2. The highest BCUT2D eigenvalue weighted by Crippen LogP contribution is 2.28. The van der Waals surface area contributed by atoms with E-state index in [9.17, 15) is 31.2 Å². The van der Waals surface area contributed by atoms with Crippen molar-refractivity contribution < 1.29 is 35.9 Å². The zero-order valence-electron chi connectivity index (χ0n) is 23.1. The van der Waals surface area contributed by atoms with Gasteiger partial charge in [-0.25, -0.2) is 13.1 Å². The molecule has 2 amide bonds. The number of halogens is 3. The molecule has 0 aliphatic carbocycles. The van der Waals surface area contributed by atoms with E-state index in [-0.39, 0.29) is 17.0 Å². The van der Waals surface area contributed by atoms with Gasteiger partial charge in [0.1, 0.15) is 5.75 Å². The second-order valence-corrected chi connectivity index (χ2v) is 11.8.